The lowest BCUT2D eigenvalue weighted by molar-refractivity contribution is -0.385. The number of piperidine rings is 1. The van der Waals surface area contributed by atoms with Crippen molar-refractivity contribution in [3.05, 3.63) is 38.9 Å². The Kier molecular flexibility index (Phi) is 3.93. The Morgan fingerprint density at radius 1 is 1.50 bits per heavy atom. The lowest BCUT2D eigenvalue weighted by atomic mass is 9.90. The fraction of sp³-hybridized carbons (Fsp3) is 0.417. The summed E-state index contributed by atoms with van der Waals surface area (Å²) in [5.41, 5.74) is 0.548. The minimum Gasteiger partial charge on any atom is -0.316 e. The molecule has 0 radical (unpaired) electrons. The monoisotopic (exact) mass is 268 g/mol. The highest BCUT2D eigenvalue weighted by atomic mass is 35.5. The third kappa shape index (κ3) is 2.86. The van der Waals surface area contributed by atoms with Crippen LogP contribution in [0.25, 0.3) is 0 Å². The summed E-state index contributed by atoms with van der Waals surface area (Å²) < 4.78 is 0. The Bertz CT molecular complexity index is 490. The molecule has 1 heterocycles. The van der Waals surface area contributed by atoms with Crippen LogP contribution in [0.4, 0.5) is 5.69 Å². The smallest absolute Gasteiger partial charge is 0.274 e. The molecule has 1 atom stereocenters. The van der Waals surface area contributed by atoms with Gasteiger partial charge in [0, 0.05) is 42.1 Å². The first-order valence-electron chi connectivity index (χ1n) is 5.74. The lowest BCUT2D eigenvalue weighted by Gasteiger charge is -2.21. The summed E-state index contributed by atoms with van der Waals surface area (Å²) in [4.78, 5) is 22.2. The molecule has 0 aromatic heterocycles. The molecule has 0 bridgehead atoms. The first-order chi connectivity index (χ1) is 8.58. The zero-order valence-electron chi connectivity index (χ0n) is 9.69. The van der Waals surface area contributed by atoms with Crippen molar-refractivity contribution in [3.8, 4) is 0 Å². The first-order valence-corrected chi connectivity index (χ1v) is 6.12. The molecule has 1 aliphatic rings. The average Bonchev–Trinajstić information content (AvgIpc) is 2.34. The minimum absolute atomic E-state index is 0.0131. The second-order valence-corrected chi connectivity index (χ2v) is 4.79. The van der Waals surface area contributed by atoms with Crippen LogP contribution in [-0.4, -0.2) is 23.8 Å². The van der Waals surface area contributed by atoms with E-state index in [0.29, 0.717) is 36.5 Å². The molecule has 96 valence electrons. The summed E-state index contributed by atoms with van der Waals surface area (Å²) in [5, 5.41) is 14.4. The van der Waals surface area contributed by atoms with Gasteiger partial charge in [-0.05, 0) is 12.5 Å². The Morgan fingerprint density at radius 3 is 2.94 bits per heavy atom. The zero-order chi connectivity index (χ0) is 13.1. The molecular weight excluding hydrogens is 256 g/mol. The average molecular weight is 269 g/mol. The number of benzene rings is 1. The quantitative estimate of drug-likeness (QED) is 0.672. The third-order valence-electron chi connectivity index (χ3n) is 3.10. The number of nitrogens with zero attached hydrogens (tertiary/aromatic N) is 1. The number of nitro benzene ring substituents is 1. The Balaban J connectivity index is 2.22. The van der Waals surface area contributed by atoms with Gasteiger partial charge in [-0.3, -0.25) is 14.9 Å². The molecule has 1 aliphatic heterocycles. The van der Waals surface area contributed by atoms with Gasteiger partial charge in [-0.1, -0.05) is 17.7 Å². The molecule has 1 aromatic carbocycles. The summed E-state index contributed by atoms with van der Waals surface area (Å²) in [5.74, 6) is -0.0170. The topological polar surface area (TPSA) is 72.2 Å². The molecule has 1 fully saturated rings. The second kappa shape index (κ2) is 5.46. The summed E-state index contributed by atoms with van der Waals surface area (Å²) in [6.07, 6.45) is 0.880. The molecule has 0 spiro atoms. The summed E-state index contributed by atoms with van der Waals surface area (Å²) in [6.45, 7) is 1.27. The van der Waals surface area contributed by atoms with Crippen molar-refractivity contribution in [2.45, 2.75) is 12.8 Å². The molecule has 6 heteroatoms. The lowest BCUT2D eigenvalue weighted by Crippen LogP contribution is -2.38. The second-order valence-electron chi connectivity index (χ2n) is 4.35. The van der Waals surface area contributed by atoms with E-state index in [0.717, 1.165) is 0 Å². The van der Waals surface area contributed by atoms with Crippen molar-refractivity contribution >= 4 is 23.1 Å². The van der Waals surface area contributed by atoms with Gasteiger partial charge in [0.25, 0.3) is 5.69 Å². The highest BCUT2D eigenvalue weighted by Gasteiger charge is 2.25. The first kappa shape index (κ1) is 13.0. The van der Waals surface area contributed by atoms with Gasteiger partial charge < -0.3 is 5.32 Å². The van der Waals surface area contributed by atoms with Gasteiger partial charge in [0.2, 0.25) is 0 Å². The van der Waals surface area contributed by atoms with Gasteiger partial charge >= 0.3 is 0 Å². The molecule has 0 amide bonds. The molecule has 1 N–H and O–H groups in total. The van der Waals surface area contributed by atoms with Gasteiger partial charge in [-0.25, -0.2) is 0 Å². The molecule has 2 rings (SSSR count). The van der Waals surface area contributed by atoms with Crippen molar-refractivity contribution in [1.29, 1.82) is 0 Å². The van der Waals surface area contributed by atoms with Crippen molar-refractivity contribution in [1.82, 2.24) is 5.32 Å². The number of nitro groups is 1. The molecule has 1 unspecified atom stereocenters. The number of Topliss-reactive ketones (excluding diaryl/α,β-unsaturated/α-hetero) is 1. The van der Waals surface area contributed by atoms with Crippen LogP contribution in [0.15, 0.2) is 18.2 Å². The Labute approximate surface area is 109 Å². The molecule has 0 saturated carbocycles. The number of halogens is 1. The molecular formula is C12H13ClN2O3. The van der Waals surface area contributed by atoms with E-state index in [1.54, 1.807) is 12.1 Å². The Hall–Kier alpha value is -1.46. The minimum atomic E-state index is -0.456. The van der Waals surface area contributed by atoms with Gasteiger partial charge in [0.1, 0.15) is 5.78 Å². The largest absolute Gasteiger partial charge is 0.316 e. The highest BCUT2D eigenvalue weighted by Crippen LogP contribution is 2.26. The normalized spacial score (nSPS) is 19.8. The van der Waals surface area contributed by atoms with E-state index in [4.69, 9.17) is 11.6 Å². The van der Waals surface area contributed by atoms with Crippen molar-refractivity contribution in [2.24, 2.45) is 5.92 Å². The zero-order valence-corrected chi connectivity index (χ0v) is 10.4. The maximum absolute atomic E-state index is 11.7. The van der Waals surface area contributed by atoms with E-state index >= 15 is 0 Å². The predicted octanol–water partition coefficient (Wildman–Crippen LogP) is 1.97. The predicted molar refractivity (Wildman–Crippen MR) is 67.8 cm³/mol. The van der Waals surface area contributed by atoms with E-state index in [1.165, 1.54) is 6.07 Å². The van der Waals surface area contributed by atoms with Gasteiger partial charge in [-0.15, -0.1) is 0 Å². The fourth-order valence-corrected chi connectivity index (χ4v) is 2.30. The van der Waals surface area contributed by atoms with Crippen LogP contribution in [0.2, 0.25) is 5.02 Å². The van der Waals surface area contributed by atoms with Crippen LogP contribution in [0, 0.1) is 16.0 Å². The van der Waals surface area contributed by atoms with E-state index in [9.17, 15) is 14.9 Å². The molecule has 1 saturated heterocycles. The number of hydrogen-bond donors (Lipinski definition) is 1. The fourth-order valence-electron chi connectivity index (χ4n) is 2.14. The number of hydrogen-bond acceptors (Lipinski definition) is 4. The van der Waals surface area contributed by atoms with E-state index in [-0.39, 0.29) is 17.4 Å². The van der Waals surface area contributed by atoms with Gasteiger partial charge in [0.05, 0.1) is 4.92 Å². The van der Waals surface area contributed by atoms with Crippen molar-refractivity contribution in [3.63, 3.8) is 0 Å². The van der Waals surface area contributed by atoms with Crippen LogP contribution in [0.1, 0.15) is 12.0 Å². The van der Waals surface area contributed by atoms with Gasteiger partial charge in [0.15, 0.2) is 0 Å². The number of nitrogens with one attached hydrogen (secondary N) is 1. The van der Waals surface area contributed by atoms with E-state index in [1.807, 2.05) is 0 Å². The maximum Gasteiger partial charge on any atom is 0.274 e. The number of ketones is 1. The standard InChI is InChI=1S/C12H13ClN2O3/c13-10-2-1-8(11(6-10)15(17)18)5-9-7-14-4-3-12(9)16/h1-2,6,9,14H,3-5,7H2. The van der Waals surface area contributed by atoms with Crippen LogP contribution in [0.5, 0.6) is 0 Å². The molecule has 18 heavy (non-hydrogen) atoms. The third-order valence-corrected chi connectivity index (χ3v) is 3.34. The molecule has 1 aromatic rings. The van der Waals surface area contributed by atoms with E-state index < -0.39 is 4.92 Å². The number of carbonyl (C=O) groups excluding carboxylic acids is 1. The van der Waals surface area contributed by atoms with Crippen molar-refractivity contribution < 1.29 is 9.72 Å². The number of carbonyl (C=O) groups is 1. The van der Waals surface area contributed by atoms with E-state index in [2.05, 4.69) is 5.32 Å². The Morgan fingerprint density at radius 2 is 2.28 bits per heavy atom. The molecule has 0 aliphatic carbocycles. The maximum atomic E-state index is 11.7. The number of rotatable bonds is 3. The summed E-state index contributed by atoms with van der Waals surface area (Å²) >= 11 is 5.75. The summed E-state index contributed by atoms with van der Waals surface area (Å²) in [7, 11) is 0. The summed E-state index contributed by atoms with van der Waals surface area (Å²) in [6, 6.07) is 4.57. The van der Waals surface area contributed by atoms with Crippen LogP contribution in [-0.2, 0) is 11.2 Å². The van der Waals surface area contributed by atoms with Crippen LogP contribution in [0.3, 0.4) is 0 Å². The molecule has 5 nitrogen and oxygen atoms in total. The van der Waals surface area contributed by atoms with Crippen LogP contribution < -0.4 is 5.32 Å². The van der Waals surface area contributed by atoms with Crippen molar-refractivity contribution in [2.75, 3.05) is 13.1 Å². The van der Waals surface area contributed by atoms with Crippen LogP contribution >= 0.6 is 11.6 Å². The van der Waals surface area contributed by atoms with Gasteiger partial charge in [-0.2, -0.15) is 0 Å². The highest BCUT2D eigenvalue weighted by molar-refractivity contribution is 6.30. The SMILES string of the molecule is O=C1CCNCC1Cc1ccc(Cl)cc1[N+](=O)[O-].